The zero-order chi connectivity index (χ0) is 55.0. The summed E-state index contributed by atoms with van der Waals surface area (Å²) in [4.78, 5) is 73.3. The topological polar surface area (TPSA) is 228 Å². The maximum absolute atomic E-state index is 14.2. The number of hydrogen-bond donors (Lipinski definition) is 2. The molecule has 3 fully saturated rings. The van der Waals surface area contributed by atoms with Crippen molar-refractivity contribution in [2.45, 2.75) is 192 Å². The molecular weight excluding hydrogens is 971 g/mol. The minimum Gasteiger partial charge on any atom is -0.462 e. The fourth-order valence-electron chi connectivity index (χ4n) is 10.5. The molecule has 75 heavy (non-hydrogen) atoms. The summed E-state index contributed by atoms with van der Waals surface area (Å²) in [6, 6.07) is 11.1. The second-order valence-electron chi connectivity index (χ2n) is 20.8. The highest BCUT2D eigenvalue weighted by Crippen LogP contribution is 2.39. The van der Waals surface area contributed by atoms with Crippen molar-refractivity contribution < 1.29 is 76.8 Å². The predicted octanol–water partition coefficient (Wildman–Crippen LogP) is 5.69. The smallest absolute Gasteiger partial charge is 0.309 e. The normalized spacial score (nSPS) is 33.8. The van der Waals surface area contributed by atoms with Gasteiger partial charge in [0.2, 0.25) is 0 Å². The Balaban J connectivity index is 1.45. The summed E-state index contributed by atoms with van der Waals surface area (Å²) < 4.78 is 56.2. The number of aldehydes is 1. The van der Waals surface area contributed by atoms with E-state index >= 15 is 0 Å². The lowest BCUT2D eigenvalue weighted by atomic mass is 9.82. The summed E-state index contributed by atoms with van der Waals surface area (Å²) >= 11 is 0. The van der Waals surface area contributed by atoms with Gasteiger partial charge in [-0.15, -0.1) is 0 Å². The molecule has 3 aliphatic heterocycles. The molecule has 0 spiro atoms. The second-order valence-corrected chi connectivity index (χ2v) is 20.8. The molecule has 1 aromatic heterocycles. The molecule has 1 aromatic carbocycles. The number of benzene rings is 1. The minimum absolute atomic E-state index is 0.0259. The van der Waals surface area contributed by atoms with Crippen LogP contribution in [0.15, 0.2) is 54.9 Å². The summed E-state index contributed by atoms with van der Waals surface area (Å²) in [7, 11) is 6.80. The number of aliphatic hydroxyl groups excluding tert-OH is 2. The van der Waals surface area contributed by atoms with Crippen LogP contribution in [0, 0.1) is 11.8 Å². The van der Waals surface area contributed by atoms with Crippen LogP contribution in [0.4, 0.5) is 0 Å². The first-order chi connectivity index (χ1) is 35.7. The van der Waals surface area contributed by atoms with Gasteiger partial charge in [0, 0.05) is 70.6 Å². The number of aliphatic hydroxyl groups is 2. The van der Waals surface area contributed by atoms with Crippen LogP contribution in [0.3, 0.4) is 0 Å². The number of hydrogen-bond acceptors (Lipinski definition) is 19. The Hall–Kier alpha value is -4.70. The van der Waals surface area contributed by atoms with Gasteiger partial charge in [0.1, 0.15) is 36.8 Å². The molecule has 16 atom stereocenters. The van der Waals surface area contributed by atoms with Gasteiger partial charge in [-0.1, -0.05) is 63.3 Å². The van der Waals surface area contributed by atoms with E-state index in [2.05, 4.69) is 4.98 Å². The van der Waals surface area contributed by atoms with Gasteiger partial charge in [0.15, 0.2) is 24.3 Å². The van der Waals surface area contributed by atoms with Crippen LogP contribution in [-0.4, -0.2) is 182 Å². The maximum Gasteiger partial charge on any atom is 0.309 e. The van der Waals surface area contributed by atoms with E-state index in [0.29, 0.717) is 32.4 Å². The number of rotatable bonds is 17. The molecule has 418 valence electrons. The number of ether oxygens (including phenoxy) is 9. The largest absolute Gasteiger partial charge is 0.462 e. The summed E-state index contributed by atoms with van der Waals surface area (Å²) in [6.07, 6.45) is -3.00. The molecule has 0 radical (unpaired) electrons. The molecule has 0 amide bonds. The van der Waals surface area contributed by atoms with Crippen LogP contribution >= 0.6 is 0 Å². The Labute approximate surface area is 442 Å². The average Bonchev–Trinajstić information content (AvgIpc) is 3.35. The van der Waals surface area contributed by atoms with Crippen molar-refractivity contribution >= 4 is 36.2 Å². The summed E-state index contributed by atoms with van der Waals surface area (Å²) in [5, 5.41) is 24.1. The third kappa shape index (κ3) is 17.4. The number of cyclic esters (lactones) is 1. The van der Waals surface area contributed by atoms with Gasteiger partial charge >= 0.3 is 23.9 Å². The fraction of sp³-hybridized carbons (Fsp3) is 0.679. The summed E-state index contributed by atoms with van der Waals surface area (Å²) in [5.41, 5.74) is 1.52. The van der Waals surface area contributed by atoms with Crippen molar-refractivity contribution in [2.75, 3.05) is 41.3 Å². The van der Waals surface area contributed by atoms with Crippen molar-refractivity contribution in [1.82, 2.24) is 14.8 Å². The molecule has 4 heterocycles. The van der Waals surface area contributed by atoms with Gasteiger partial charge in [-0.25, -0.2) is 0 Å². The quantitative estimate of drug-likeness (QED) is 0.110. The summed E-state index contributed by atoms with van der Waals surface area (Å²) in [6.45, 7) is 12.4. The average molecular weight is 1050 g/mol. The molecule has 2 N–H and O–H groups in total. The SMILES string of the molecule is CCC(=O)O[C@@H]1CC(=O)O[C@@H](C/C=C/c2cncc(-c3ccccc3)c2)CCCN(C)C[C@H](O)[C@H](C)C[C@H](CC=O)[C@H](O[C@@H]2OC(C)[C@@H](O[C@H]3CC(C)(OC(C)=O)[C@@H](OC(=O)CC)C(C)O3)C(N(C)C)C2O)[C@H]1OC. The molecule has 19 nitrogen and oxygen atoms in total. The molecule has 3 saturated heterocycles. The van der Waals surface area contributed by atoms with E-state index in [0.717, 1.165) is 23.0 Å². The van der Waals surface area contributed by atoms with Gasteiger partial charge in [0.05, 0.1) is 36.9 Å². The van der Waals surface area contributed by atoms with Gasteiger partial charge in [-0.2, -0.15) is 0 Å². The van der Waals surface area contributed by atoms with Crippen LogP contribution in [0.2, 0.25) is 0 Å². The molecular formula is C56H83N3O16. The number of carbonyl (C=O) groups is 5. The first kappa shape index (κ1) is 61.2. The predicted molar refractivity (Wildman–Crippen MR) is 276 cm³/mol. The van der Waals surface area contributed by atoms with Crippen LogP contribution in [-0.2, 0) is 66.6 Å². The Kier molecular flexibility index (Phi) is 23.8. The molecule has 19 heteroatoms. The highest BCUT2D eigenvalue weighted by Gasteiger charge is 2.54. The van der Waals surface area contributed by atoms with Crippen molar-refractivity contribution in [2.24, 2.45) is 11.8 Å². The molecule has 0 bridgehead atoms. The maximum atomic E-state index is 14.2. The van der Waals surface area contributed by atoms with E-state index in [1.807, 2.05) is 67.4 Å². The third-order valence-corrected chi connectivity index (χ3v) is 14.4. The Morgan fingerprint density at radius 2 is 1.64 bits per heavy atom. The van der Waals surface area contributed by atoms with Crippen LogP contribution in [0.5, 0.6) is 0 Å². The second kappa shape index (κ2) is 29.2. The number of likely N-dealkylation sites (N-methyl/N-ethyl adjacent to an activating group) is 2. The molecule has 0 aliphatic carbocycles. The molecule has 5 unspecified atom stereocenters. The zero-order valence-corrected chi connectivity index (χ0v) is 45.7. The Morgan fingerprint density at radius 3 is 2.29 bits per heavy atom. The standard InChI is InChI=1S/C56H83N3O16/c1-12-45(63)71-44-29-47(65)70-42(22-17-19-38-28-41(32-57-31-38)39-20-15-14-16-21-39)23-18-25-59(10)33-43(62)34(3)27-40(24-26-60)52(53(44)67-11)74-55-50(66)49(58(8)9)51(35(4)69-55)73-48-30-56(7,75-37(6)61)54(36(5)68-48)72-46(64)13-2/h14-17,19-21,26,28,31-32,34-36,40,42-44,48-55,62,66H,12-13,18,22-25,27,29-30,33H2,1-11H3/b19-17+/t34-,35?,36?,40+,42+,43+,44-,48+,49?,50?,51-,52+,53+,54+,55+,56?/m1/s1. The van der Waals surface area contributed by atoms with Gasteiger partial charge < -0.3 is 67.4 Å². The van der Waals surface area contributed by atoms with Crippen molar-refractivity contribution in [1.29, 1.82) is 0 Å². The third-order valence-electron chi connectivity index (χ3n) is 14.4. The monoisotopic (exact) mass is 1050 g/mol. The van der Waals surface area contributed by atoms with Crippen LogP contribution < -0.4 is 0 Å². The molecule has 0 saturated carbocycles. The lowest BCUT2D eigenvalue weighted by Crippen LogP contribution is -2.66. The van der Waals surface area contributed by atoms with Crippen molar-refractivity contribution in [3.63, 3.8) is 0 Å². The molecule has 3 aliphatic rings. The van der Waals surface area contributed by atoms with E-state index < -0.39 is 127 Å². The number of β-amino-alcohol motifs (C(OH)–C–C–N with tert-alkyl or cyclic N) is 1. The zero-order valence-electron chi connectivity index (χ0n) is 45.7. The van der Waals surface area contributed by atoms with Crippen molar-refractivity contribution in [3.8, 4) is 11.1 Å². The molecule has 2 aromatic rings. The van der Waals surface area contributed by atoms with E-state index in [4.69, 9.17) is 42.6 Å². The first-order valence-electron chi connectivity index (χ1n) is 26.4. The van der Waals surface area contributed by atoms with Gasteiger partial charge in [-0.3, -0.25) is 24.2 Å². The lowest BCUT2D eigenvalue weighted by molar-refractivity contribution is -0.344. The van der Waals surface area contributed by atoms with Crippen LogP contribution in [0.25, 0.3) is 17.2 Å². The number of methoxy groups -OCH3 is 1. The van der Waals surface area contributed by atoms with E-state index in [-0.39, 0.29) is 32.1 Å². The number of nitrogens with zero attached hydrogens (tertiary/aromatic N) is 3. The van der Waals surface area contributed by atoms with Crippen LogP contribution in [0.1, 0.15) is 112 Å². The highest BCUT2D eigenvalue weighted by atomic mass is 16.7. The van der Waals surface area contributed by atoms with Gasteiger partial charge in [-0.05, 0) is 96.8 Å². The lowest BCUT2D eigenvalue weighted by Gasteiger charge is -2.50. The van der Waals surface area contributed by atoms with Crippen molar-refractivity contribution in [3.05, 3.63) is 60.4 Å². The minimum atomic E-state index is -1.45. The number of aromatic nitrogens is 1. The van der Waals surface area contributed by atoms with Gasteiger partial charge in [0.25, 0.3) is 0 Å². The van der Waals surface area contributed by atoms with E-state index in [1.165, 1.54) is 14.0 Å². The van der Waals surface area contributed by atoms with E-state index in [1.54, 1.807) is 66.0 Å². The number of carbonyl (C=O) groups excluding carboxylic acids is 5. The highest BCUT2D eigenvalue weighted by molar-refractivity contribution is 5.73. The Bertz CT molecular complexity index is 2160. The number of esters is 4. The molecule has 5 rings (SSSR count). The Morgan fingerprint density at radius 1 is 0.933 bits per heavy atom. The fourth-order valence-corrected chi connectivity index (χ4v) is 10.5. The summed E-state index contributed by atoms with van der Waals surface area (Å²) in [5.74, 6) is -3.48. The van der Waals surface area contributed by atoms with E-state index in [9.17, 15) is 34.2 Å². The number of pyridine rings is 1. The first-order valence-corrected chi connectivity index (χ1v) is 26.4.